The lowest BCUT2D eigenvalue weighted by Gasteiger charge is -2.11. The highest BCUT2D eigenvalue weighted by atomic mass is 79.9. The number of nitrogen functional groups attached to an aromatic ring is 1. The Labute approximate surface area is 138 Å². The molecule has 1 amide bonds. The summed E-state index contributed by atoms with van der Waals surface area (Å²) in [6.07, 6.45) is 0. The smallest absolute Gasteiger partial charge is 0.256 e. The van der Waals surface area contributed by atoms with Crippen molar-refractivity contribution in [2.45, 2.75) is 6.92 Å². The maximum absolute atomic E-state index is 12.3. The van der Waals surface area contributed by atoms with Gasteiger partial charge in [0.2, 0.25) is 0 Å². The van der Waals surface area contributed by atoms with Crippen molar-refractivity contribution >= 4 is 60.7 Å². The predicted octanol–water partition coefficient (Wildman–Crippen LogP) is 5.01. The number of hydrogen-bond donors (Lipinski definition) is 2. The number of anilines is 2. The predicted molar refractivity (Wildman–Crippen MR) is 90.4 cm³/mol. The van der Waals surface area contributed by atoms with Gasteiger partial charge in [-0.1, -0.05) is 11.6 Å². The third-order valence-corrected chi connectivity index (χ3v) is 4.36. The highest BCUT2D eigenvalue weighted by Crippen LogP contribution is 2.29. The average Bonchev–Trinajstić information content (AvgIpc) is 2.38. The number of aryl methyl sites for hydroxylation is 1. The first-order valence-electron chi connectivity index (χ1n) is 5.70. The fourth-order valence-corrected chi connectivity index (χ4v) is 2.80. The minimum absolute atomic E-state index is 0.261. The molecule has 0 saturated heterocycles. The van der Waals surface area contributed by atoms with Crippen molar-refractivity contribution in [1.82, 2.24) is 0 Å². The van der Waals surface area contributed by atoms with E-state index < -0.39 is 0 Å². The molecule has 0 saturated carbocycles. The van der Waals surface area contributed by atoms with E-state index in [0.717, 1.165) is 10.0 Å². The third kappa shape index (κ3) is 3.34. The van der Waals surface area contributed by atoms with Crippen LogP contribution in [0.25, 0.3) is 0 Å². The molecule has 104 valence electrons. The van der Waals surface area contributed by atoms with Gasteiger partial charge < -0.3 is 11.1 Å². The van der Waals surface area contributed by atoms with Crippen LogP contribution in [0.5, 0.6) is 0 Å². The van der Waals surface area contributed by atoms with Gasteiger partial charge in [-0.05, 0) is 74.7 Å². The topological polar surface area (TPSA) is 55.1 Å². The second-order valence-electron chi connectivity index (χ2n) is 4.27. The molecule has 20 heavy (non-hydrogen) atoms. The SMILES string of the molecule is Cc1cc(Br)c(NC(=O)c2cc(Cl)ccc2Br)cc1N. The van der Waals surface area contributed by atoms with E-state index in [4.69, 9.17) is 17.3 Å². The maximum atomic E-state index is 12.3. The van der Waals surface area contributed by atoms with Crippen LogP contribution in [0.2, 0.25) is 5.02 Å². The van der Waals surface area contributed by atoms with Crippen molar-refractivity contribution < 1.29 is 4.79 Å². The molecule has 3 N–H and O–H groups in total. The Morgan fingerprint density at radius 1 is 1.20 bits per heavy atom. The van der Waals surface area contributed by atoms with Gasteiger partial charge in [0.15, 0.2) is 0 Å². The molecule has 0 bridgehead atoms. The second-order valence-corrected chi connectivity index (χ2v) is 6.41. The normalized spacial score (nSPS) is 10.4. The van der Waals surface area contributed by atoms with Crippen molar-refractivity contribution in [3.63, 3.8) is 0 Å². The summed E-state index contributed by atoms with van der Waals surface area (Å²) in [6, 6.07) is 8.62. The lowest BCUT2D eigenvalue weighted by atomic mass is 10.1. The number of halogens is 3. The zero-order valence-electron chi connectivity index (χ0n) is 10.5. The van der Waals surface area contributed by atoms with Gasteiger partial charge in [-0.15, -0.1) is 0 Å². The number of hydrogen-bond acceptors (Lipinski definition) is 2. The van der Waals surface area contributed by atoms with E-state index >= 15 is 0 Å². The van der Waals surface area contributed by atoms with E-state index in [1.54, 1.807) is 24.3 Å². The van der Waals surface area contributed by atoms with Crippen LogP contribution in [0.4, 0.5) is 11.4 Å². The van der Waals surface area contributed by atoms with Gasteiger partial charge >= 0.3 is 0 Å². The molecule has 2 aromatic rings. The van der Waals surface area contributed by atoms with Crippen LogP contribution in [-0.4, -0.2) is 5.91 Å². The van der Waals surface area contributed by atoms with Gasteiger partial charge in [0.05, 0.1) is 11.3 Å². The molecule has 3 nitrogen and oxygen atoms in total. The molecule has 0 aliphatic heterocycles. The number of amides is 1. The Morgan fingerprint density at radius 3 is 2.60 bits per heavy atom. The van der Waals surface area contributed by atoms with Gasteiger partial charge in [-0.3, -0.25) is 4.79 Å². The largest absolute Gasteiger partial charge is 0.398 e. The second kappa shape index (κ2) is 6.16. The number of nitrogens with two attached hydrogens (primary N) is 1. The van der Waals surface area contributed by atoms with E-state index in [1.165, 1.54) is 0 Å². The van der Waals surface area contributed by atoms with Crippen LogP contribution in [0.3, 0.4) is 0 Å². The van der Waals surface area contributed by atoms with Crippen molar-refractivity contribution in [2.75, 3.05) is 11.1 Å². The lowest BCUT2D eigenvalue weighted by Crippen LogP contribution is -2.13. The summed E-state index contributed by atoms with van der Waals surface area (Å²) in [5.41, 5.74) is 8.50. The summed E-state index contributed by atoms with van der Waals surface area (Å²) >= 11 is 12.7. The van der Waals surface area contributed by atoms with E-state index in [2.05, 4.69) is 37.2 Å². The fourth-order valence-electron chi connectivity index (χ4n) is 1.65. The monoisotopic (exact) mass is 416 g/mol. The van der Waals surface area contributed by atoms with Crippen molar-refractivity contribution in [1.29, 1.82) is 0 Å². The Kier molecular flexibility index (Phi) is 4.73. The summed E-state index contributed by atoms with van der Waals surface area (Å²) in [6.45, 7) is 1.90. The van der Waals surface area contributed by atoms with Crippen LogP contribution in [0.1, 0.15) is 15.9 Å². The standard InChI is InChI=1S/C14H11Br2ClN2O/c1-7-4-11(16)13(6-12(7)18)19-14(20)9-5-8(17)2-3-10(9)15/h2-6H,18H2,1H3,(H,19,20). The molecule has 0 heterocycles. The van der Waals surface area contributed by atoms with E-state index in [1.807, 2.05) is 13.0 Å². The number of nitrogens with one attached hydrogen (secondary N) is 1. The molecular formula is C14H11Br2ClN2O. The highest BCUT2D eigenvalue weighted by molar-refractivity contribution is 9.11. The summed E-state index contributed by atoms with van der Waals surface area (Å²) in [5.74, 6) is -0.261. The summed E-state index contributed by atoms with van der Waals surface area (Å²) < 4.78 is 1.45. The van der Waals surface area contributed by atoms with E-state index in [0.29, 0.717) is 26.4 Å². The van der Waals surface area contributed by atoms with Crippen LogP contribution in [0.15, 0.2) is 39.3 Å². The van der Waals surface area contributed by atoms with Crippen LogP contribution in [-0.2, 0) is 0 Å². The van der Waals surface area contributed by atoms with Gasteiger partial charge in [0.25, 0.3) is 5.91 Å². The maximum Gasteiger partial charge on any atom is 0.256 e. The molecule has 0 aliphatic rings. The molecule has 6 heteroatoms. The minimum Gasteiger partial charge on any atom is -0.398 e. The molecule has 0 aliphatic carbocycles. The molecule has 0 fully saturated rings. The number of benzene rings is 2. The summed E-state index contributed by atoms with van der Waals surface area (Å²) in [5, 5.41) is 3.31. The van der Waals surface area contributed by atoms with Crippen molar-refractivity contribution in [2.24, 2.45) is 0 Å². The molecule has 0 spiro atoms. The Hall–Kier alpha value is -1.04. The van der Waals surface area contributed by atoms with Gasteiger partial charge in [-0.2, -0.15) is 0 Å². The Balaban J connectivity index is 2.32. The van der Waals surface area contributed by atoms with Gasteiger partial charge in [0, 0.05) is 19.7 Å². The molecular weight excluding hydrogens is 407 g/mol. The summed E-state index contributed by atoms with van der Waals surface area (Å²) in [4.78, 5) is 12.3. The first-order chi connectivity index (χ1) is 9.38. The van der Waals surface area contributed by atoms with Crippen molar-refractivity contribution in [3.05, 3.63) is 55.4 Å². The fraction of sp³-hybridized carbons (Fsp3) is 0.0714. The average molecular weight is 419 g/mol. The molecule has 2 aromatic carbocycles. The lowest BCUT2D eigenvalue weighted by molar-refractivity contribution is 0.102. The highest BCUT2D eigenvalue weighted by Gasteiger charge is 2.13. The quantitative estimate of drug-likeness (QED) is 0.674. The van der Waals surface area contributed by atoms with Gasteiger partial charge in [0.1, 0.15) is 0 Å². The zero-order valence-corrected chi connectivity index (χ0v) is 14.4. The Morgan fingerprint density at radius 2 is 1.90 bits per heavy atom. The zero-order chi connectivity index (χ0) is 14.9. The third-order valence-electron chi connectivity index (χ3n) is 2.78. The molecule has 0 radical (unpaired) electrons. The number of rotatable bonds is 2. The summed E-state index contributed by atoms with van der Waals surface area (Å²) in [7, 11) is 0. The Bertz CT molecular complexity index is 689. The molecule has 0 unspecified atom stereocenters. The number of carbonyl (C=O) groups excluding carboxylic acids is 1. The first kappa shape index (κ1) is 15.4. The van der Waals surface area contributed by atoms with E-state index in [9.17, 15) is 4.79 Å². The van der Waals surface area contributed by atoms with Crippen LogP contribution >= 0.6 is 43.5 Å². The molecule has 0 aromatic heterocycles. The van der Waals surface area contributed by atoms with Gasteiger partial charge in [-0.25, -0.2) is 0 Å². The van der Waals surface area contributed by atoms with Crippen LogP contribution in [0, 0.1) is 6.92 Å². The first-order valence-corrected chi connectivity index (χ1v) is 7.67. The van der Waals surface area contributed by atoms with E-state index in [-0.39, 0.29) is 5.91 Å². The molecule has 2 rings (SSSR count). The minimum atomic E-state index is -0.261. The van der Waals surface area contributed by atoms with Crippen molar-refractivity contribution in [3.8, 4) is 0 Å². The van der Waals surface area contributed by atoms with Crippen LogP contribution < -0.4 is 11.1 Å². The molecule has 0 atom stereocenters. The number of carbonyl (C=O) groups is 1.